The van der Waals surface area contributed by atoms with Crippen molar-refractivity contribution < 1.29 is 4.74 Å². The summed E-state index contributed by atoms with van der Waals surface area (Å²) in [6, 6.07) is 0.623. The molecule has 0 aromatic carbocycles. The van der Waals surface area contributed by atoms with Gasteiger partial charge in [0.05, 0.1) is 6.61 Å². The minimum Gasteiger partial charge on any atom is -0.384 e. The second-order valence-electron chi connectivity index (χ2n) is 5.40. The van der Waals surface area contributed by atoms with E-state index < -0.39 is 0 Å². The Bertz CT molecular complexity index is 185. The number of ether oxygens (including phenoxy) is 1. The maximum Gasteiger partial charge on any atom is 0.0503 e. The Labute approximate surface area is 101 Å². The molecule has 2 unspecified atom stereocenters. The average Bonchev–Trinajstić information content (AvgIpc) is 2.66. The highest BCUT2D eigenvalue weighted by Crippen LogP contribution is 2.15. The summed E-state index contributed by atoms with van der Waals surface area (Å²) < 4.78 is 5.21. The number of likely N-dealkylation sites (tertiary alicyclic amines) is 1. The molecule has 1 fully saturated rings. The van der Waals surface area contributed by atoms with Gasteiger partial charge in [-0.05, 0) is 31.7 Å². The highest BCUT2D eigenvalue weighted by Gasteiger charge is 2.21. The first-order valence-corrected chi connectivity index (χ1v) is 6.58. The molecule has 1 heterocycles. The van der Waals surface area contributed by atoms with Crippen LogP contribution in [0.3, 0.4) is 0 Å². The number of hydrogen-bond donors (Lipinski definition) is 1. The molecule has 3 nitrogen and oxygen atoms in total. The van der Waals surface area contributed by atoms with Crippen molar-refractivity contribution in [1.82, 2.24) is 10.2 Å². The van der Waals surface area contributed by atoms with E-state index in [2.05, 4.69) is 31.0 Å². The molecule has 0 aromatic rings. The molecule has 0 radical (unpaired) electrons. The Morgan fingerprint density at radius 1 is 1.38 bits per heavy atom. The summed E-state index contributed by atoms with van der Waals surface area (Å²) in [7, 11) is 1.80. The van der Waals surface area contributed by atoms with Crippen molar-refractivity contribution in [3.8, 4) is 0 Å². The maximum atomic E-state index is 5.21. The zero-order chi connectivity index (χ0) is 12.0. The molecule has 0 aromatic heterocycles. The van der Waals surface area contributed by atoms with Gasteiger partial charge < -0.3 is 15.0 Å². The van der Waals surface area contributed by atoms with Gasteiger partial charge in [-0.15, -0.1) is 0 Å². The zero-order valence-corrected chi connectivity index (χ0v) is 11.3. The van der Waals surface area contributed by atoms with Crippen LogP contribution in [0.1, 0.15) is 27.2 Å². The molecular formula is C13H28N2O. The Morgan fingerprint density at radius 3 is 2.75 bits per heavy atom. The van der Waals surface area contributed by atoms with Gasteiger partial charge in [-0.1, -0.05) is 13.8 Å². The molecule has 2 atom stereocenters. The third-order valence-corrected chi connectivity index (χ3v) is 3.67. The zero-order valence-electron chi connectivity index (χ0n) is 11.3. The molecule has 1 N–H and O–H groups in total. The topological polar surface area (TPSA) is 24.5 Å². The third kappa shape index (κ3) is 4.81. The van der Waals surface area contributed by atoms with E-state index in [4.69, 9.17) is 4.74 Å². The fraction of sp³-hybridized carbons (Fsp3) is 1.00. The quantitative estimate of drug-likeness (QED) is 0.716. The molecule has 0 saturated carbocycles. The van der Waals surface area contributed by atoms with Crippen LogP contribution in [-0.4, -0.2) is 50.8 Å². The van der Waals surface area contributed by atoms with E-state index >= 15 is 0 Å². The number of methoxy groups -OCH3 is 1. The van der Waals surface area contributed by atoms with Gasteiger partial charge in [-0.3, -0.25) is 0 Å². The van der Waals surface area contributed by atoms with Gasteiger partial charge >= 0.3 is 0 Å². The van der Waals surface area contributed by atoms with Gasteiger partial charge in [0.15, 0.2) is 0 Å². The Morgan fingerprint density at radius 2 is 2.12 bits per heavy atom. The summed E-state index contributed by atoms with van der Waals surface area (Å²) in [6.45, 7) is 12.5. The summed E-state index contributed by atoms with van der Waals surface area (Å²) in [5.74, 6) is 1.48. The van der Waals surface area contributed by atoms with Crippen LogP contribution in [-0.2, 0) is 4.74 Å². The lowest BCUT2D eigenvalue weighted by molar-refractivity contribution is 0.153. The lowest BCUT2D eigenvalue weighted by Gasteiger charge is -2.21. The standard InChI is InChI=1S/C13H28N2O/c1-11(2)12(3)14-6-8-15-7-5-13(9-15)10-16-4/h11-14H,5-10H2,1-4H3. The van der Waals surface area contributed by atoms with Gasteiger partial charge in [0, 0.05) is 32.8 Å². The molecular weight excluding hydrogens is 200 g/mol. The fourth-order valence-electron chi connectivity index (χ4n) is 2.17. The predicted octanol–water partition coefficient (Wildman–Crippen LogP) is 1.59. The number of rotatable bonds is 7. The second kappa shape index (κ2) is 7.25. The highest BCUT2D eigenvalue weighted by atomic mass is 16.5. The molecule has 1 aliphatic rings. The summed E-state index contributed by atoms with van der Waals surface area (Å²) in [4.78, 5) is 2.55. The Kier molecular flexibility index (Phi) is 6.32. The maximum absolute atomic E-state index is 5.21. The molecule has 1 saturated heterocycles. The molecule has 0 aliphatic carbocycles. The molecule has 0 spiro atoms. The average molecular weight is 228 g/mol. The number of hydrogen-bond acceptors (Lipinski definition) is 3. The Hall–Kier alpha value is -0.120. The SMILES string of the molecule is COCC1CCN(CCNC(C)C(C)C)C1. The smallest absolute Gasteiger partial charge is 0.0503 e. The van der Waals surface area contributed by atoms with Crippen molar-refractivity contribution in [3.63, 3.8) is 0 Å². The van der Waals surface area contributed by atoms with Crippen molar-refractivity contribution in [3.05, 3.63) is 0 Å². The summed E-state index contributed by atoms with van der Waals surface area (Å²) in [5.41, 5.74) is 0. The van der Waals surface area contributed by atoms with Crippen LogP contribution in [0, 0.1) is 11.8 Å². The molecule has 3 heteroatoms. The van der Waals surface area contributed by atoms with E-state index in [-0.39, 0.29) is 0 Å². The van der Waals surface area contributed by atoms with E-state index in [9.17, 15) is 0 Å². The van der Waals surface area contributed by atoms with Crippen molar-refractivity contribution >= 4 is 0 Å². The predicted molar refractivity (Wildman–Crippen MR) is 68.7 cm³/mol. The van der Waals surface area contributed by atoms with Gasteiger partial charge in [0.2, 0.25) is 0 Å². The molecule has 96 valence electrons. The lowest BCUT2D eigenvalue weighted by Crippen LogP contribution is -2.37. The monoisotopic (exact) mass is 228 g/mol. The van der Waals surface area contributed by atoms with E-state index in [1.54, 1.807) is 7.11 Å². The molecule has 0 amide bonds. The van der Waals surface area contributed by atoms with Crippen molar-refractivity contribution in [2.24, 2.45) is 11.8 Å². The van der Waals surface area contributed by atoms with Gasteiger partial charge in [-0.25, -0.2) is 0 Å². The normalized spacial score (nSPS) is 24.2. The Balaban J connectivity index is 2.06. The van der Waals surface area contributed by atoms with E-state index in [0.29, 0.717) is 6.04 Å². The summed E-state index contributed by atoms with van der Waals surface area (Å²) in [5, 5.41) is 3.58. The largest absolute Gasteiger partial charge is 0.384 e. The minimum absolute atomic E-state index is 0.623. The van der Waals surface area contributed by atoms with E-state index in [1.165, 1.54) is 26.1 Å². The van der Waals surface area contributed by atoms with Gasteiger partial charge in [-0.2, -0.15) is 0 Å². The van der Waals surface area contributed by atoms with Crippen LogP contribution < -0.4 is 5.32 Å². The molecule has 1 aliphatic heterocycles. The van der Waals surface area contributed by atoms with E-state index in [1.807, 2.05) is 0 Å². The van der Waals surface area contributed by atoms with Crippen LogP contribution in [0.25, 0.3) is 0 Å². The van der Waals surface area contributed by atoms with Crippen LogP contribution in [0.5, 0.6) is 0 Å². The molecule has 0 bridgehead atoms. The van der Waals surface area contributed by atoms with Crippen LogP contribution in [0.2, 0.25) is 0 Å². The number of nitrogens with zero attached hydrogens (tertiary/aromatic N) is 1. The third-order valence-electron chi connectivity index (χ3n) is 3.67. The molecule has 16 heavy (non-hydrogen) atoms. The van der Waals surface area contributed by atoms with Crippen molar-refractivity contribution in [1.29, 1.82) is 0 Å². The van der Waals surface area contributed by atoms with Crippen molar-refractivity contribution in [2.75, 3.05) is 39.9 Å². The summed E-state index contributed by atoms with van der Waals surface area (Å²) in [6.07, 6.45) is 1.30. The lowest BCUT2D eigenvalue weighted by atomic mass is 10.1. The van der Waals surface area contributed by atoms with Crippen LogP contribution in [0.4, 0.5) is 0 Å². The fourth-order valence-corrected chi connectivity index (χ4v) is 2.17. The minimum atomic E-state index is 0.623. The number of nitrogens with one attached hydrogen (secondary N) is 1. The van der Waals surface area contributed by atoms with Crippen LogP contribution >= 0.6 is 0 Å². The van der Waals surface area contributed by atoms with Gasteiger partial charge in [0.25, 0.3) is 0 Å². The highest BCUT2D eigenvalue weighted by molar-refractivity contribution is 4.76. The first-order valence-electron chi connectivity index (χ1n) is 6.58. The second-order valence-corrected chi connectivity index (χ2v) is 5.40. The molecule has 1 rings (SSSR count). The van der Waals surface area contributed by atoms with Gasteiger partial charge in [0.1, 0.15) is 0 Å². The first kappa shape index (κ1) is 13.9. The first-order chi connectivity index (χ1) is 7.63. The summed E-state index contributed by atoms with van der Waals surface area (Å²) >= 11 is 0. The van der Waals surface area contributed by atoms with Crippen LogP contribution in [0.15, 0.2) is 0 Å². The van der Waals surface area contributed by atoms with Crippen molar-refractivity contribution in [2.45, 2.75) is 33.2 Å². The van der Waals surface area contributed by atoms with E-state index in [0.717, 1.165) is 25.0 Å².